The molecule has 1 amide bonds. The number of unbranched alkanes of at least 4 members (excludes halogenated alkanes) is 1. The van der Waals surface area contributed by atoms with E-state index in [9.17, 15) is 9.59 Å². The Bertz CT molecular complexity index is 491. The fourth-order valence-electron chi connectivity index (χ4n) is 1.41. The SMILES string of the molecule is CCCCOc1ccc(NC(=O)/C=C(\C)C(=O)O)cc1. The van der Waals surface area contributed by atoms with E-state index in [4.69, 9.17) is 9.84 Å². The summed E-state index contributed by atoms with van der Waals surface area (Å²) in [6, 6.07) is 6.95. The van der Waals surface area contributed by atoms with Crippen molar-refractivity contribution in [1.29, 1.82) is 0 Å². The van der Waals surface area contributed by atoms with Crippen molar-refractivity contribution in [3.63, 3.8) is 0 Å². The van der Waals surface area contributed by atoms with Crippen LogP contribution in [-0.4, -0.2) is 23.6 Å². The molecule has 0 heterocycles. The lowest BCUT2D eigenvalue weighted by Crippen LogP contribution is -2.10. The third-order valence-electron chi connectivity index (χ3n) is 2.57. The van der Waals surface area contributed by atoms with Gasteiger partial charge in [-0.1, -0.05) is 13.3 Å². The maximum atomic E-state index is 11.5. The van der Waals surface area contributed by atoms with E-state index >= 15 is 0 Å². The second-order valence-electron chi connectivity index (χ2n) is 4.35. The Labute approximate surface area is 118 Å². The van der Waals surface area contributed by atoms with Crippen LogP contribution >= 0.6 is 0 Å². The first-order chi connectivity index (χ1) is 9.52. The van der Waals surface area contributed by atoms with Crippen LogP contribution in [0.3, 0.4) is 0 Å². The number of nitrogens with one attached hydrogen (secondary N) is 1. The fourth-order valence-corrected chi connectivity index (χ4v) is 1.41. The zero-order valence-corrected chi connectivity index (χ0v) is 11.7. The zero-order chi connectivity index (χ0) is 15.0. The van der Waals surface area contributed by atoms with Crippen LogP contribution < -0.4 is 10.1 Å². The average molecular weight is 277 g/mol. The summed E-state index contributed by atoms with van der Waals surface area (Å²) in [4.78, 5) is 22.1. The van der Waals surface area contributed by atoms with E-state index in [1.165, 1.54) is 6.92 Å². The van der Waals surface area contributed by atoms with Gasteiger partial charge in [0, 0.05) is 17.3 Å². The minimum atomic E-state index is -1.11. The van der Waals surface area contributed by atoms with E-state index < -0.39 is 11.9 Å². The molecule has 0 saturated heterocycles. The topological polar surface area (TPSA) is 75.6 Å². The fraction of sp³-hybridized carbons (Fsp3) is 0.333. The number of anilines is 1. The molecule has 0 radical (unpaired) electrons. The average Bonchev–Trinajstić information content (AvgIpc) is 2.40. The number of benzene rings is 1. The molecule has 2 N–H and O–H groups in total. The highest BCUT2D eigenvalue weighted by Crippen LogP contribution is 2.16. The number of carbonyl (C=O) groups is 2. The largest absolute Gasteiger partial charge is 0.494 e. The number of carboxylic acids is 1. The molecule has 0 spiro atoms. The second-order valence-corrected chi connectivity index (χ2v) is 4.35. The molecule has 1 aromatic rings. The quantitative estimate of drug-likeness (QED) is 0.593. The number of hydrogen-bond acceptors (Lipinski definition) is 3. The van der Waals surface area contributed by atoms with Gasteiger partial charge < -0.3 is 15.2 Å². The van der Waals surface area contributed by atoms with Gasteiger partial charge in [0.2, 0.25) is 5.91 Å². The minimum Gasteiger partial charge on any atom is -0.494 e. The van der Waals surface area contributed by atoms with Gasteiger partial charge in [0.05, 0.1) is 6.61 Å². The van der Waals surface area contributed by atoms with Gasteiger partial charge in [-0.3, -0.25) is 4.79 Å². The van der Waals surface area contributed by atoms with Crippen LogP contribution in [0.1, 0.15) is 26.7 Å². The number of carboxylic acid groups (broad SMARTS) is 1. The number of hydrogen-bond donors (Lipinski definition) is 2. The molecule has 0 aliphatic heterocycles. The number of aliphatic carboxylic acids is 1. The van der Waals surface area contributed by atoms with Crippen LogP contribution in [0.25, 0.3) is 0 Å². The second kappa shape index (κ2) is 7.99. The van der Waals surface area contributed by atoms with Gasteiger partial charge in [-0.15, -0.1) is 0 Å². The van der Waals surface area contributed by atoms with E-state index in [1.807, 2.05) is 0 Å². The van der Waals surface area contributed by atoms with Crippen LogP contribution in [-0.2, 0) is 9.59 Å². The predicted octanol–water partition coefficient (Wildman–Crippen LogP) is 2.83. The summed E-state index contributed by atoms with van der Waals surface area (Å²) in [6.07, 6.45) is 3.12. The van der Waals surface area contributed by atoms with Gasteiger partial charge in [0.1, 0.15) is 5.75 Å². The van der Waals surface area contributed by atoms with Crippen LogP contribution in [0.4, 0.5) is 5.69 Å². The van der Waals surface area contributed by atoms with Crippen LogP contribution in [0, 0.1) is 0 Å². The maximum Gasteiger partial charge on any atom is 0.331 e. The lowest BCUT2D eigenvalue weighted by atomic mass is 10.2. The van der Waals surface area contributed by atoms with Crippen molar-refractivity contribution in [3.05, 3.63) is 35.9 Å². The van der Waals surface area contributed by atoms with E-state index in [0.717, 1.165) is 24.7 Å². The summed E-state index contributed by atoms with van der Waals surface area (Å²) >= 11 is 0. The predicted molar refractivity (Wildman–Crippen MR) is 76.9 cm³/mol. The van der Waals surface area contributed by atoms with Gasteiger partial charge in [0.25, 0.3) is 0 Å². The van der Waals surface area contributed by atoms with Crippen molar-refractivity contribution in [1.82, 2.24) is 0 Å². The van der Waals surface area contributed by atoms with E-state index in [0.29, 0.717) is 12.3 Å². The van der Waals surface area contributed by atoms with Crippen molar-refractivity contribution >= 4 is 17.6 Å². The molecule has 5 nitrogen and oxygen atoms in total. The molecule has 0 unspecified atom stereocenters. The Hall–Kier alpha value is -2.30. The summed E-state index contributed by atoms with van der Waals surface area (Å²) in [6.45, 7) is 4.13. The third kappa shape index (κ3) is 5.56. The highest BCUT2D eigenvalue weighted by molar-refractivity contribution is 6.04. The van der Waals surface area contributed by atoms with E-state index in [1.54, 1.807) is 24.3 Å². The molecule has 1 aromatic carbocycles. The Morgan fingerprint density at radius 2 is 1.95 bits per heavy atom. The molecule has 5 heteroatoms. The van der Waals surface area contributed by atoms with Gasteiger partial charge in [-0.2, -0.15) is 0 Å². The molecular formula is C15H19NO4. The molecule has 0 bridgehead atoms. The molecule has 0 atom stereocenters. The van der Waals surface area contributed by atoms with Gasteiger partial charge in [-0.25, -0.2) is 4.79 Å². The molecule has 0 aliphatic carbocycles. The molecule has 0 saturated carbocycles. The Morgan fingerprint density at radius 3 is 2.50 bits per heavy atom. The van der Waals surface area contributed by atoms with Crippen LogP contribution in [0.5, 0.6) is 5.75 Å². The summed E-state index contributed by atoms with van der Waals surface area (Å²) in [5, 5.41) is 11.3. The van der Waals surface area contributed by atoms with Gasteiger partial charge in [-0.05, 0) is 37.6 Å². The van der Waals surface area contributed by atoms with Crippen molar-refractivity contribution in [3.8, 4) is 5.75 Å². The lowest BCUT2D eigenvalue weighted by Gasteiger charge is -2.07. The summed E-state index contributed by atoms with van der Waals surface area (Å²) in [5.74, 6) is -0.835. The first kappa shape index (κ1) is 15.8. The standard InChI is InChI=1S/C15H19NO4/c1-3-4-9-20-13-7-5-12(6-8-13)16-14(17)10-11(2)15(18)19/h5-8,10H,3-4,9H2,1-2H3,(H,16,17)(H,18,19)/b11-10+. The van der Waals surface area contributed by atoms with Crippen molar-refractivity contribution in [2.45, 2.75) is 26.7 Å². The molecule has 0 aliphatic rings. The van der Waals surface area contributed by atoms with Crippen LogP contribution in [0.2, 0.25) is 0 Å². The molecule has 108 valence electrons. The molecule has 0 fully saturated rings. The number of amides is 1. The first-order valence-corrected chi connectivity index (χ1v) is 6.48. The maximum absolute atomic E-state index is 11.5. The Morgan fingerprint density at radius 1 is 1.30 bits per heavy atom. The Balaban J connectivity index is 2.55. The van der Waals surface area contributed by atoms with Gasteiger partial charge >= 0.3 is 5.97 Å². The highest BCUT2D eigenvalue weighted by Gasteiger charge is 2.04. The van der Waals surface area contributed by atoms with E-state index in [-0.39, 0.29) is 5.57 Å². The summed E-state index contributed by atoms with van der Waals surface area (Å²) in [5.41, 5.74) is 0.578. The number of ether oxygens (including phenoxy) is 1. The number of carbonyl (C=O) groups excluding carboxylic acids is 1. The first-order valence-electron chi connectivity index (χ1n) is 6.48. The van der Waals surface area contributed by atoms with Crippen molar-refractivity contribution in [2.75, 3.05) is 11.9 Å². The molecule has 1 rings (SSSR count). The Kier molecular flexibility index (Phi) is 6.29. The van der Waals surface area contributed by atoms with Crippen molar-refractivity contribution in [2.24, 2.45) is 0 Å². The lowest BCUT2D eigenvalue weighted by molar-refractivity contribution is -0.132. The zero-order valence-electron chi connectivity index (χ0n) is 11.7. The molecule has 20 heavy (non-hydrogen) atoms. The van der Waals surface area contributed by atoms with Crippen molar-refractivity contribution < 1.29 is 19.4 Å². The summed E-state index contributed by atoms with van der Waals surface area (Å²) in [7, 11) is 0. The smallest absolute Gasteiger partial charge is 0.331 e. The van der Waals surface area contributed by atoms with Crippen LogP contribution in [0.15, 0.2) is 35.9 Å². The molecule has 0 aromatic heterocycles. The van der Waals surface area contributed by atoms with Gasteiger partial charge in [0.15, 0.2) is 0 Å². The third-order valence-corrected chi connectivity index (χ3v) is 2.57. The van der Waals surface area contributed by atoms with E-state index in [2.05, 4.69) is 12.2 Å². The highest BCUT2D eigenvalue weighted by atomic mass is 16.5. The summed E-state index contributed by atoms with van der Waals surface area (Å²) < 4.78 is 5.50. The monoisotopic (exact) mass is 277 g/mol. The minimum absolute atomic E-state index is 0.0120. The normalized spacial score (nSPS) is 11.0. The number of rotatable bonds is 7. The molecular weight excluding hydrogens is 258 g/mol.